The summed E-state index contributed by atoms with van der Waals surface area (Å²) in [6, 6.07) is 12.6. The van der Waals surface area contributed by atoms with Crippen molar-refractivity contribution < 1.29 is 18.8 Å². The number of hydrogen-bond donors (Lipinski definition) is 2. The Hall–Kier alpha value is -3.12. The highest BCUT2D eigenvalue weighted by Crippen LogP contribution is 2.21. The van der Waals surface area contributed by atoms with E-state index in [1.165, 1.54) is 6.07 Å². The number of carbonyl (C=O) groups is 1. The second-order valence-corrected chi connectivity index (χ2v) is 7.11. The molecule has 0 fully saturated rings. The van der Waals surface area contributed by atoms with Crippen molar-refractivity contribution in [1.29, 1.82) is 0 Å². The van der Waals surface area contributed by atoms with Gasteiger partial charge in [0.05, 0.1) is 14.2 Å². The van der Waals surface area contributed by atoms with E-state index in [1.54, 1.807) is 31.4 Å². The summed E-state index contributed by atoms with van der Waals surface area (Å²) in [5.74, 6) is 0.642. The molecule has 0 bridgehead atoms. The number of quaternary nitrogens is 1. The lowest BCUT2D eigenvalue weighted by molar-refractivity contribution is -0.885. The van der Waals surface area contributed by atoms with Crippen molar-refractivity contribution in [1.82, 2.24) is 0 Å². The van der Waals surface area contributed by atoms with Crippen molar-refractivity contribution in [3.63, 3.8) is 0 Å². The predicted molar refractivity (Wildman–Crippen MR) is 109 cm³/mol. The van der Waals surface area contributed by atoms with Crippen LogP contribution < -0.4 is 20.6 Å². The number of rotatable bonds is 6. The highest BCUT2D eigenvalue weighted by molar-refractivity contribution is 5.91. The Balaban J connectivity index is 1.71. The first kappa shape index (κ1) is 19.6. The first-order valence-electron chi connectivity index (χ1n) is 9.15. The Kier molecular flexibility index (Phi) is 5.80. The molecule has 0 aliphatic rings. The molecule has 1 aromatic heterocycles. The molecule has 6 heteroatoms. The van der Waals surface area contributed by atoms with Crippen LogP contribution in [0.5, 0.6) is 5.75 Å². The molecule has 0 saturated carbocycles. The van der Waals surface area contributed by atoms with Crippen LogP contribution >= 0.6 is 0 Å². The maximum absolute atomic E-state index is 12.4. The molecule has 2 N–H and O–H groups in total. The Bertz CT molecular complexity index is 1050. The topological polar surface area (TPSA) is 73.0 Å². The normalized spacial score (nSPS) is 12.0. The van der Waals surface area contributed by atoms with Crippen LogP contribution in [0.4, 0.5) is 5.69 Å². The monoisotopic (exact) mass is 381 g/mol. The van der Waals surface area contributed by atoms with Crippen molar-refractivity contribution in [2.24, 2.45) is 0 Å². The van der Waals surface area contributed by atoms with E-state index in [2.05, 4.69) is 5.32 Å². The summed E-state index contributed by atoms with van der Waals surface area (Å²) in [6.45, 7) is 4.84. The molecule has 2 aromatic carbocycles. The average Bonchev–Trinajstić information content (AvgIpc) is 2.63. The first-order valence-corrected chi connectivity index (χ1v) is 9.15. The average molecular weight is 381 g/mol. The van der Waals surface area contributed by atoms with E-state index in [0.29, 0.717) is 12.1 Å². The highest BCUT2D eigenvalue weighted by Gasteiger charge is 2.15. The Labute approximate surface area is 163 Å². The molecule has 3 rings (SSSR count). The van der Waals surface area contributed by atoms with Crippen molar-refractivity contribution in [3.8, 4) is 5.75 Å². The van der Waals surface area contributed by atoms with E-state index in [1.807, 2.05) is 33.0 Å². The Morgan fingerprint density at radius 3 is 2.46 bits per heavy atom. The van der Waals surface area contributed by atoms with Crippen LogP contribution in [0.15, 0.2) is 51.7 Å². The van der Waals surface area contributed by atoms with Crippen LogP contribution in [0.3, 0.4) is 0 Å². The molecule has 28 heavy (non-hydrogen) atoms. The van der Waals surface area contributed by atoms with Gasteiger partial charge in [-0.3, -0.25) is 4.79 Å². The molecule has 6 nitrogen and oxygen atoms in total. The van der Waals surface area contributed by atoms with Crippen molar-refractivity contribution in [2.75, 3.05) is 26.0 Å². The lowest BCUT2D eigenvalue weighted by Crippen LogP contribution is -3.08. The summed E-state index contributed by atoms with van der Waals surface area (Å²) < 4.78 is 10.5. The van der Waals surface area contributed by atoms with Crippen LogP contribution in [0.2, 0.25) is 0 Å². The fourth-order valence-corrected chi connectivity index (χ4v) is 3.17. The zero-order valence-electron chi connectivity index (χ0n) is 16.6. The first-order chi connectivity index (χ1) is 13.4. The SMILES string of the molecule is COc1ccc(NC(=O)C[NH+](C)Cc2cc(=O)oc3cc(C)c(C)cc23)cc1. The number of nitrogens with one attached hydrogen (secondary N) is 2. The van der Waals surface area contributed by atoms with Crippen LogP contribution in [0.1, 0.15) is 16.7 Å². The zero-order valence-corrected chi connectivity index (χ0v) is 16.6. The molecule has 0 spiro atoms. The fraction of sp³-hybridized carbons (Fsp3) is 0.273. The van der Waals surface area contributed by atoms with Gasteiger partial charge < -0.3 is 19.4 Å². The number of benzene rings is 2. The standard InChI is InChI=1S/C22H24N2O4/c1-14-9-19-16(11-22(26)28-20(19)10-15(14)2)12-24(3)13-21(25)23-17-5-7-18(27-4)8-6-17/h5-11H,12-13H2,1-4H3,(H,23,25)/p+1. The van der Waals surface area contributed by atoms with Crippen LogP contribution in [-0.4, -0.2) is 26.6 Å². The van der Waals surface area contributed by atoms with Crippen LogP contribution in [0, 0.1) is 13.8 Å². The largest absolute Gasteiger partial charge is 0.497 e. The summed E-state index contributed by atoms with van der Waals surface area (Å²) in [6.07, 6.45) is 0. The van der Waals surface area contributed by atoms with Crippen LogP contribution in [0.25, 0.3) is 11.0 Å². The molecule has 1 atom stereocenters. The summed E-state index contributed by atoms with van der Waals surface area (Å²) in [5.41, 5.74) is 4.02. The summed E-state index contributed by atoms with van der Waals surface area (Å²) in [7, 11) is 3.53. The van der Waals surface area contributed by atoms with Gasteiger partial charge in [-0.1, -0.05) is 0 Å². The summed E-state index contributed by atoms with van der Waals surface area (Å²) in [4.78, 5) is 25.3. The molecule has 0 radical (unpaired) electrons. The van der Waals surface area contributed by atoms with E-state index in [0.717, 1.165) is 38.4 Å². The second-order valence-electron chi connectivity index (χ2n) is 7.11. The lowest BCUT2D eigenvalue weighted by atomic mass is 10.0. The van der Waals surface area contributed by atoms with Crippen molar-refractivity contribution >= 4 is 22.6 Å². The minimum atomic E-state index is -0.374. The van der Waals surface area contributed by atoms with Gasteiger partial charge in [0.1, 0.15) is 17.9 Å². The quantitative estimate of drug-likeness (QED) is 0.641. The molecule has 1 amide bonds. The van der Waals surface area contributed by atoms with Crippen molar-refractivity contribution in [3.05, 3.63) is 69.6 Å². The van der Waals surface area contributed by atoms with Gasteiger partial charge in [-0.25, -0.2) is 4.79 Å². The molecule has 146 valence electrons. The third-order valence-electron chi connectivity index (χ3n) is 4.77. The highest BCUT2D eigenvalue weighted by atomic mass is 16.5. The molecular weight excluding hydrogens is 356 g/mol. The maximum atomic E-state index is 12.4. The van der Waals surface area contributed by atoms with E-state index in [-0.39, 0.29) is 18.1 Å². The Morgan fingerprint density at radius 2 is 1.79 bits per heavy atom. The number of likely N-dealkylation sites (N-methyl/N-ethyl adjacent to an activating group) is 1. The van der Waals surface area contributed by atoms with Gasteiger partial charge in [-0.2, -0.15) is 0 Å². The number of fused-ring (bicyclic) bond motifs is 1. The van der Waals surface area contributed by atoms with E-state index < -0.39 is 0 Å². The number of carbonyl (C=O) groups excluding carboxylic acids is 1. The van der Waals surface area contributed by atoms with Gasteiger partial charge in [0.2, 0.25) is 0 Å². The fourth-order valence-electron chi connectivity index (χ4n) is 3.17. The second kappa shape index (κ2) is 8.27. The number of hydrogen-bond acceptors (Lipinski definition) is 4. The summed E-state index contributed by atoms with van der Waals surface area (Å²) >= 11 is 0. The van der Waals surface area contributed by atoms with Gasteiger partial charge in [0, 0.05) is 22.7 Å². The van der Waals surface area contributed by atoms with Gasteiger partial charge in [0.15, 0.2) is 6.54 Å². The lowest BCUT2D eigenvalue weighted by Gasteiger charge is -2.15. The van der Waals surface area contributed by atoms with E-state index in [9.17, 15) is 9.59 Å². The van der Waals surface area contributed by atoms with Gasteiger partial charge in [-0.15, -0.1) is 0 Å². The smallest absolute Gasteiger partial charge is 0.336 e. The molecule has 0 aliphatic heterocycles. The van der Waals surface area contributed by atoms with E-state index >= 15 is 0 Å². The van der Waals surface area contributed by atoms with Crippen molar-refractivity contribution in [2.45, 2.75) is 20.4 Å². The number of aryl methyl sites for hydroxylation is 2. The zero-order chi connectivity index (χ0) is 20.3. The third-order valence-corrected chi connectivity index (χ3v) is 4.77. The van der Waals surface area contributed by atoms with Gasteiger partial charge in [0.25, 0.3) is 5.91 Å². The van der Waals surface area contributed by atoms with Gasteiger partial charge in [-0.05, 0) is 61.4 Å². The van der Waals surface area contributed by atoms with Gasteiger partial charge >= 0.3 is 5.63 Å². The van der Waals surface area contributed by atoms with Crippen LogP contribution in [-0.2, 0) is 11.3 Å². The minimum absolute atomic E-state index is 0.0954. The maximum Gasteiger partial charge on any atom is 0.336 e. The number of anilines is 1. The molecular formula is C22H25N2O4+. The van der Waals surface area contributed by atoms with E-state index in [4.69, 9.17) is 9.15 Å². The number of ether oxygens (including phenoxy) is 1. The number of methoxy groups -OCH3 is 1. The summed E-state index contributed by atoms with van der Waals surface area (Å²) in [5, 5.41) is 3.79. The Morgan fingerprint density at radius 1 is 1.11 bits per heavy atom. The molecule has 1 heterocycles. The molecule has 0 aliphatic carbocycles. The number of amides is 1. The molecule has 0 saturated heterocycles. The minimum Gasteiger partial charge on any atom is -0.497 e. The molecule has 3 aromatic rings. The molecule has 1 unspecified atom stereocenters. The third kappa shape index (κ3) is 4.58. The predicted octanol–water partition coefficient (Wildman–Crippen LogP) is 2.07.